The van der Waals surface area contributed by atoms with Crippen molar-refractivity contribution < 1.29 is 0 Å². The van der Waals surface area contributed by atoms with Crippen LogP contribution >= 0.6 is 0 Å². The molecule has 1 unspecified atom stereocenters. The van der Waals surface area contributed by atoms with Crippen LogP contribution in [-0.2, 0) is 6.54 Å². The fraction of sp³-hybridized carbons (Fsp3) is 0.286. The number of benzene rings is 1. The molecule has 0 amide bonds. The van der Waals surface area contributed by atoms with Crippen LogP contribution in [0.5, 0.6) is 0 Å². The van der Waals surface area contributed by atoms with Gasteiger partial charge >= 0.3 is 0 Å². The zero-order valence-electron chi connectivity index (χ0n) is 9.87. The van der Waals surface area contributed by atoms with E-state index >= 15 is 0 Å². The summed E-state index contributed by atoms with van der Waals surface area (Å²) in [5.74, 6) is 0.743. The highest BCUT2D eigenvalue weighted by Crippen LogP contribution is 2.17. The number of nitrogens with zero attached hydrogens (tertiary/aromatic N) is 3. The Morgan fingerprint density at radius 3 is 2.76 bits per heavy atom. The molecule has 1 aromatic carbocycles. The zero-order chi connectivity index (χ0) is 12.1. The standard InChI is InChI=1S/C14H15N3/c1-2-13(10-15)14-16-8-9-17(14)11-12-6-4-3-5-7-12/h3-9,13H,2,11H2,1H3. The lowest BCUT2D eigenvalue weighted by molar-refractivity contribution is 0.664. The van der Waals surface area contributed by atoms with Crippen LogP contribution in [0, 0.1) is 11.3 Å². The molecule has 1 heterocycles. The third-order valence-corrected chi connectivity index (χ3v) is 2.82. The van der Waals surface area contributed by atoms with Gasteiger partial charge in [-0.15, -0.1) is 0 Å². The van der Waals surface area contributed by atoms with E-state index in [1.54, 1.807) is 6.20 Å². The highest BCUT2D eigenvalue weighted by atomic mass is 15.1. The first-order chi connectivity index (χ1) is 8.35. The Morgan fingerprint density at radius 1 is 1.35 bits per heavy atom. The van der Waals surface area contributed by atoms with Crippen molar-refractivity contribution in [2.45, 2.75) is 25.8 Å². The van der Waals surface area contributed by atoms with Gasteiger partial charge in [0.1, 0.15) is 11.7 Å². The van der Waals surface area contributed by atoms with E-state index in [9.17, 15) is 0 Å². The average Bonchev–Trinajstić information content (AvgIpc) is 2.81. The van der Waals surface area contributed by atoms with Crippen molar-refractivity contribution in [2.24, 2.45) is 0 Å². The summed E-state index contributed by atoms with van der Waals surface area (Å²) in [4.78, 5) is 4.29. The van der Waals surface area contributed by atoms with E-state index < -0.39 is 0 Å². The topological polar surface area (TPSA) is 41.6 Å². The summed E-state index contributed by atoms with van der Waals surface area (Å²) in [5, 5.41) is 9.09. The van der Waals surface area contributed by atoms with Crippen LogP contribution in [0.1, 0.15) is 30.7 Å². The Balaban J connectivity index is 2.23. The minimum Gasteiger partial charge on any atom is -0.329 e. The summed E-state index contributed by atoms with van der Waals surface area (Å²) in [5.41, 5.74) is 1.22. The van der Waals surface area contributed by atoms with E-state index in [2.05, 4.69) is 23.2 Å². The summed E-state index contributed by atoms with van der Waals surface area (Å²) in [7, 11) is 0. The Kier molecular flexibility index (Phi) is 3.56. The molecule has 0 bridgehead atoms. The molecule has 17 heavy (non-hydrogen) atoms. The van der Waals surface area contributed by atoms with Crippen LogP contribution in [-0.4, -0.2) is 9.55 Å². The first-order valence-electron chi connectivity index (χ1n) is 5.79. The van der Waals surface area contributed by atoms with Gasteiger partial charge in [-0.05, 0) is 12.0 Å². The molecule has 0 aliphatic carbocycles. The number of aromatic nitrogens is 2. The lowest BCUT2D eigenvalue weighted by atomic mass is 10.1. The van der Waals surface area contributed by atoms with Gasteiger partial charge in [0, 0.05) is 18.9 Å². The monoisotopic (exact) mass is 225 g/mol. The first kappa shape index (κ1) is 11.4. The molecule has 0 N–H and O–H groups in total. The third-order valence-electron chi connectivity index (χ3n) is 2.82. The molecule has 3 nitrogen and oxygen atoms in total. The first-order valence-corrected chi connectivity index (χ1v) is 5.79. The molecule has 2 rings (SSSR count). The van der Waals surface area contributed by atoms with E-state index in [1.807, 2.05) is 35.9 Å². The highest BCUT2D eigenvalue weighted by Gasteiger charge is 2.14. The second-order valence-electron chi connectivity index (χ2n) is 3.99. The second-order valence-corrected chi connectivity index (χ2v) is 3.99. The van der Waals surface area contributed by atoms with Gasteiger partial charge in [-0.25, -0.2) is 4.98 Å². The molecule has 3 heteroatoms. The lowest BCUT2D eigenvalue weighted by Crippen LogP contribution is -2.08. The predicted molar refractivity (Wildman–Crippen MR) is 66.4 cm³/mol. The molecular formula is C14H15N3. The summed E-state index contributed by atoms with van der Waals surface area (Å²) < 4.78 is 2.05. The fourth-order valence-electron chi connectivity index (χ4n) is 1.88. The lowest BCUT2D eigenvalue weighted by Gasteiger charge is -2.10. The van der Waals surface area contributed by atoms with Gasteiger partial charge in [-0.1, -0.05) is 37.3 Å². The Bertz CT molecular complexity index is 508. The van der Waals surface area contributed by atoms with E-state index in [1.165, 1.54) is 5.56 Å². The summed E-state index contributed by atoms with van der Waals surface area (Å²) in [6, 6.07) is 12.5. The highest BCUT2D eigenvalue weighted by molar-refractivity contribution is 5.17. The number of hydrogen-bond donors (Lipinski definition) is 0. The van der Waals surface area contributed by atoms with E-state index in [0.29, 0.717) is 0 Å². The Hall–Kier alpha value is -2.08. The van der Waals surface area contributed by atoms with Gasteiger partial charge in [-0.2, -0.15) is 5.26 Å². The molecule has 0 radical (unpaired) electrons. The quantitative estimate of drug-likeness (QED) is 0.802. The minimum atomic E-state index is -0.117. The number of rotatable bonds is 4. The smallest absolute Gasteiger partial charge is 0.126 e. The molecular weight excluding hydrogens is 210 g/mol. The predicted octanol–water partition coefficient (Wildman–Crippen LogP) is 2.95. The molecule has 0 spiro atoms. The van der Waals surface area contributed by atoms with Crippen molar-refractivity contribution >= 4 is 0 Å². The van der Waals surface area contributed by atoms with Crippen LogP contribution in [0.2, 0.25) is 0 Å². The van der Waals surface area contributed by atoms with Crippen molar-refractivity contribution in [3.05, 3.63) is 54.1 Å². The van der Waals surface area contributed by atoms with Crippen LogP contribution in [0.4, 0.5) is 0 Å². The maximum Gasteiger partial charge on any atom is 0.126 e. The summed E-state index contributed by atoms with van der Waals surface area (Å²) >= 11 is 0. The van der Waals surface area contributed by atoms with E-state index in [-0.39, 0.29) is 5.92 Å². The van der Waals surface area contributed by atoms with Crippen molar-refractivity contribution in [3.8, 4) is 6.07 Å². The number of hydrogen-bond acceptors (Lipinski definition) is 2. The molecule has 0 saturated carbocycles. The molecule has 2 aromatic rings. The van der Waals surface area contributed by atoms with Crippen LogP contribution in [0.3, 0.4) is 0 Å². The maximum atomic E-state index is 9.09. The molecule has 0 aliphatic rings. The summed E-state index contributed by atoms with van der Waals surface area (Å²) in [6.45, 7) is 2.78. The number of imidazole rings is 1. The van der Waals surface area contributed by atoms with Crippen LogP contribution < -0.4 is 0 Å². The van der Waals surface area contributed by atoms with Crippen molar-refractivity contribution in [1.82, 2.24) is 9.55 Å². The SMILES string of the molecule is CCC(C#N)c1nccn1Cc1ccccc1. The maximum absolute atomic E-state index is 9.09. The Labute approximate surface area is 101 Å². The minimum absolute atomic E-state index is 0.117. The van der Waals surface area contributed by atoms with Gasteiger partial charge in [0.05, 0.1) is 6.07 Å². The molecule has 0 fully saturated rings. The summed E-state index contributed by atoms with van der Waals surface area (Å²) in [6.07, 6.45) is 4.49. The molecule has 1 atom stereocenters. The fourth-order valence-corrected chi connectivity index (χ4v) is 1.88. The van der Waals surface area contributed by atoms with Crippen molar-refractivity contribution in [1.29, 1.82) is 5.26 Å². The zero-order valence-corrected chi connectivity index (χ0v) is 9.87. The van der Waals surface area contributed by atoms with Crippen molar-refractivity contribution in [3.63, 3.8) is 0 Å². The van der Waals surface area contributed by atoms with E-state index in [4.69, 9.17) is 5.26 Å². The second kappa shape index (κ2) is 5.31. The van der Waals surface area contributed by atoms with Crippen LogP contribution in [0.15, 0.2) is 42.7 Å². The van der Waals surface area contributed by atoms with Crippen LogP contribution in [0.25, 0.3) is 0 Å². The largest absolute Gasteiger partial charge is 0.329 e. The molecule has 86 valence electrons. The number of nitriles is 1. The normalized spacial score (nSPS) is 12.0. The van der Waals surface area contributed by atoms with Gasteiger partial charge in [-0.3, -0.25) is 0 Å². The molecule has 0 saturated heterocycles. The molecule has 1 aromatic heterocycles. The van der Waals surface area contributed by atoms with Gasteiger partial charge in [0.2, 0.25) is 0 Å². The van der Waals surface area contributed by atoms with Gasteiger partial charge in [0.15, 0.2) is 0 Å². The van der Waals surface area contributed by atoms with Crippen molar-refractivity contribution in [2.75, 3.05) is 0 Å². The Morgan fingerprint density at radius 2 is 2.12 bits per heavy atom. The van der Waals surface area contributed by atoms with Gasteiger partial charge < -0.3 is 4.57 Å². The third kappa shape index (κ3) is 2.54. The molecule has 0 aliphatic heterocycles. The van der Waals surface area contributed by atoms with E-state index in [0.717, 1.165) is 18.8 Å². The van der Waals surface area contributed by atoms with Gasteiger partial charge in [0.25, 0.3) is 0 Å². The average molecular weight is 225 g/mol.